The number of methoxy groups -OCH3 is 1. The minimum absolute atomic E-state index is 0.0249. The van der Waals surface area contributed by atoms with Crippen LogP contribution in [0.3, 0.4) is 0 Å². The monoisotopic (exact) mass is 558 g/mol. The number of Topliss-reactive ketones (excluding diaryl/α,β-unsaturated/α-hetero) is 1. The zero-order chi connectivity index (χ0) is 28.4. The van der Waals surface area contributed by atoms with E-state index in [-0.39, 0.29) is 47.4 Å². The standard InChI is InChI=1S/C28H32ClFN4O5/c1-17-13-34(18(2)12-32(17)14-19-6-8-20(30)9-7-19)27(36)22-10-21-23(26(35)28(37)31(3)4)15-33(16-38-5)24(21)11-25(22)39-29/h6-11,15,17-18H,12-14,16H2,1-5H3/t17-,18+/m0/s1. The second-order valence-corrected chi connectivity index (χ2v) is 10.3. The van der Waals surface area contributed by atoms with E-state index >= 15 is 0 Å². The van der Waals surface area contributed by atoms with E-state index in [1.54, 1.807) is 33.7 Å². The lowest BCUT2D eigenvalue weighted by Gasteiger charge is -2.44. The molecule has 1 aliphatic heterocycles. The van der Waals surface area contributed by atoms with E-state index in [1.807, 2.05) is 13.8 Å². The Morgan fingerprint density at radius 2 is 1.74 bits per heavy atom. The van der Waals surface area contributed by atoms with Crippen molar-refractivity contribution in [2.75, 3.05) is 34.3 Å². The molecule has 208 valence electrons. The first-order chi connectivity index (χ1) is 18.5. The van der Waals surface area contributed by atoms with Gasteiger partial charge in [0, 0.05) is 70.6 Å². The Kier molecular flexibility index (Phi) is 8.58. The number of nitrogens with zero attached hydrogens (tertiary/aromatic N) is 4. The van der Waals surface area contributed by atoms with Crippen molar-refractivity contribution < 1.29 is 27.8 Å². The quantitative estimate of drug-likeness (QED) is 0.308. The second kappa shape index (κ2) is 11.7. The molecule has 2 amide bonds. The second-order valence-electron chi connectivity index (χ2n) is 10.1. The molecular weight excluding hydrogens is 527 g/mol. The average molecular weight is 559 g/mol. The molecule has 3 aromatic rings. The van der Waals surface area contributed by atoms with Crippen LogP contribution >= 0.6 is 11.9 Å². The van der Waals surface area contributed by atoms with Gasteiger partial charge < -0.3 is 23.4 Å². The Bertz CT molecular complexity index is 1390. The fraction of sp³-hybridized carbons (Fsp3) is 0.393. The Hall–Kier alpha value is -3.47. The van der Waals surface area contributed by atoms with Gasteiger partial charge in [0.05, 0.1) is 16.6 Å². The van der Waals surface area contributed by atoms with E-state index in [4.69, 9.17) is 20.9 Å². The highest BCUT2D eigenvalue weighted by Gasteiger charge is 2.34. The summed E-state index contributed by atoms with van der Waals surface area (Å²) < 4.78 is 25.3. The number of ketones is 1. The predicted molar refractivity (Wildman–Crippen MR) is 145 cm³/mol. The molecule has 9 nitrogen and oxygen atoms in total. The fourth-order valence-corrected chi connectivity index (χ4v) is 5.10. The highest BCUT2D eigenvalue weighted by atomic mass is 35.5. The number of likely N-dealkylation sites (N-methyl/N-ethyl adjacent to an activating group) is 1. The summed E-state index contributed by atoms with van der Waals surface area (Å²) in [6.45, 7) is 5.78. The van der Waals surface area contributed by atoms with Crippen molar-refractivity contribution in [3.8, 4) is 5.75 Å². The minimum atomic E-state index is -0.700. The third-order valence-corrected chi connectivity index (χ3v) is 7.25. The van der Waals surface area contributed by atoms with Crippen LogP contribution in [0.5, 0.6) is 5.75 Å². The molecule has 1 saturated heterocycles. The SMILES string of the molecule is COCn1cc(C(=O)C(=O)N(C)C)c2cc(C(=O)N3C[C@H](C)N(Cc4ccc(F)cc4)C[C@H]3C)c(OCl)cc21. The molecule has 0 N–H and O–H groups in total. The Morgan fingerprint density at radius 3 is 2.36 bits per heavy atom. The van der Waals surface area contributed by atoms with E-state index in [0.717, 1.165) is 5.56 Å². The van der Waals surface area contributed by atoms with Gasteiger partial charge in [-0.3, -0.25) is 19.3 Å². The lowest BCUT2D eigenvalue weighted by Crippen LogP contribution is -2.57. The summed E-state index contributed by atoms with van der Waals surface area (Å²) in [5, 5.41) is 0.420. The van der Waals surface area contributed by atoms with E-state index in [1.165, 1.54) is 44.4 Å². The molecule has 0 saturated carbocycles. The topological polar surface area (TPSA) is 84.3 Å². The maximum atomic E-state index is 13.9. The predicted octanol–water partition coefficient (Wildman–Crippen LogP) is 3.92. The zero-order valence-corrected chi connectivity index (χ0v) is 23.4. The van der Waals surface area contributed by atoms with Crippen LogP contribution < -0.4 is 4.29 Å². The molecule has 2 aromatic carbocycles. The third kappa shape index (κ3) is 5.78. The number of benzene rings is 2. The number of aromatic nitrogens is 1. The van der Waals surface area contributed by atoms with Crippen molar-refractivity contribution >= 4 is 40.4 Å². The molecular formula is C28H32ClFN4O5. The number of carbonyl (C=O) groups is 3. The van der Waals surface area contributed by atoms with Gasteiger partial charge in [0.1, 0.15) is 24.4 Å². The number of amides is 2. The highest BCUT2D eigenvalue weighted by molar-refractivity contribution is 6.44. The minimum Gasteiger partial charge on any atom is -0.385 e. The van der Waals surface area contributed by atoms with Crippen molar-refractivity contribution in [2.45, 2.75) is 39.2 Å². The van der Waals surface area contributed by atoms with Gasteiger partial charge in [-0.05, 0) is 37.6 Å². The number of fused-ring (bicyclic) bond motifs is 1. The van der Waals surface area contributed by atoms with Gasteiger partial charge in [-0.15, -0.1) is 0 Å². The summed E-state index contributed by atoms with van der Waals surface area (Å²) in [6.07, 6.45) is 1.53. The molecule has 0 unspecified atom stereocenters. The van der Waals surface area contributed by atoms with Crippen LogP contribution in [0.2, 0.25) is 0 Å². The molecule has 0 bridgehead atoms. The summed E-state index contributed by atoms with van der Waals surface area (Å²) in [6, 6.07) is 9.42. The lowest BCUT2D eigenvalue weighted by molar-refractivity contribution is -0.124. The molecule has 0 spiro atoms. The molecule has 4 rings (SSSR count). The zero-order valence-electron chi connectivity index (χ0n) is 22.6. The molecule has 0 aliphatic carbocycles. The number of carbonyl (C=O) groups excluding carboxylic acids is 3. The fourth-order valence-electron chi connectivity index (χ4n) is 4.97. The summed E-state index contributed by atoms with van der Waals surface area (Å²) in [4.78, 5) is 44.6. The van der Waals surface area contributed by atoms with E-state index in [0.29, 0.717) is 30.5 Å². The maximum absolute atomic E-state index is 13.9. The Morgan fingerprint density at radius 1 is 1.05 bits per heavy atom. The summed E-state index contributed by atoms with van der Waals surface area (Å²) in [7, 11) is 4.51. The molecule has 39 heavy (non-hydrogen) atoms. The van der Waals surface area contributed by atoms with Gasteiger partial charge in [-0.2, -0.15) is 0 Å². The van der Waals surface area contributed by atoms with Crippen LogP contribution in [0.25, 0.3) is 10.9 Å². The van der Waals surface area contributed by atoms with Gasteiger partial charge in [0.2, 0.25) is 0 Å². The average Bonchev–Trinajstić information content (AvgIpc) is 3.27. The van der Waals surface area contributed by atoms with E-state index in [9.17, 15) is 18.8 Å². The highest BCUT2D eigenvalue weighted by Crippen LogP contribution is 2.33. The van der Waals surface area contributed by atoms with Gasteiger partial charge in [-0.25, -0.2) is 4.39 Å². The molecule has 2 heterocycles. The van der Waals surface area contributed by atoms with Gasteiger partial charge >= 0.3 is 0 Å². The van der Waals surface area contributed by atoms with Crippen molar-refractivity contribution in [2.24, 2.45) is 0 Å². The first-order valence-corrected chi connectivity index (χ1v) is 12.9. The Labute approximate surface area is 231 Å². The van der Waals surface area contributed by atoms with Gasteiger partial charge in [0.15, 0.2) is 5.75 Å². The van der Waals surface area contributed by atoms with Crippen molar-refractivity contribution in [1.29, 1.82) is 0 Å². The van der Waals surface area contributed by atoms with Crippen LogP contribution in [-0.2, 0) is 22.8 Å². The third-order valence-electron chi connectivity index (χ3n) is 7.08. The molecule has 0 radical (unpaired) electrons. The number of halogens is 2. The first-order valence-electron chi connectivity index (χ1n) is 12.6. The van der Waals surface area contributed by atoms with Crippen LogP contribution in [0.4, 0.5) is 4.39 Å². The van der Waals surface area contributed by atoms with Crippen LogP contribution in [0.1, 0.15) is 40.1 Å². The Balaban J connectivity index is 1.67. The van der Waals surface area contributed by atoms with E-state index < -0.39 is 11.7 Å². The first kappa shape index (κ1) is 28.5. The van der Waals surface area contributed by atoms with Crippen LogP contribution in [0, 0.1) is 5.82 Å². The van der Waals surface area contributed by atoms with E-state index in [2.05, 4.69) is 4.90 Å². The molecule has 1 aromatic heterocycles. The smallest absolute Gasteiger partial charge is 0.294 e. The summed E-state index contributed by atoms with van der Waals surface area (Å²) in [5.74, 6) is -1.83. The van der Waals surface area contributed by atoms with Crippen molar-refractivity contribution in [3.63, 3.8) is 0 Å². The lowest BCUT2D eigenvalue weighted by atomic mass is 10.0. The number of hydrogen-bond acceptors (Lipinski definition) is 6. The molecule has 2 atom stereocenters. The summed E-state index contributed by atoms with van der Waals surface area (Å²) in [5.41, 5.74) is 1.86. The van der Waals surface area contributed by atoms with Crippen molar-refractivity contribution in [1.82, 2.24) is 19.3 Å². The molecule has 1 fully saturated rings. The normalized spacial score (nSPS) is 17.9. The van der Waals surface area contributed by atoms with Crippen LogP contribution in [0.15, 0.2) is 42.6 Å². The van der Waals surface area contributed by atoms with Crippen molar-refractivity contribution in [3.05, 3.63) is 65.1 Å². The largest absolute Gasteiger partial charge is 0.385 e. The number of piperazine rings is 1. The van der Waals surface area contributed by atoms with Gasteiger partial charge in [0.25, 0.3) is 17.6 Å². The number of hydrogen-bond donors (Lipinski definition) is 0. The van der Waals surface area contributed by atoms with Gasteiger partial charge in [-0.1, -0.05) is 12.1 Å². The molecule has 11 heteroatoms. The molecule has 1 aliphatic rings. The summed E-state index contributed by atoms with van der Waals surface area (Å²) >= 11 is 5.82. The number of rotatable bonds is 8. The number of ether oxygens (including phenoxy) is 1. The maximum Gasteiger partial charge on any atom is 0.294 e. The van der Waals surface area contributed by atoms with Crippen LogP contribution in [-0.4, -0.2) is 83.2 Å².